The van der Waals surface area contributed by atoms with Gasteiger partial charge in [-0.15, -0.1) is 0 Å². The summed E-state index contributed by atoms with van der Waals surface area (Å²) in [6, 6.07) is 13.5. The van der Waals surface area contributed by atoms with Gasteiger partial charge in [0.05, 0.1) is 6.61 Å². The molecule has 0 aliphatic carbocycles. The fraction of sp³-hybridized carbons (Fsp3) is 0.0667. The number of benzene rings is 3. The summed E-state index contributed by atoms with van der Waals surface area (Å²) in [6.07, 6.45) is 0. The van der Waals surface area contributed by atoms with Crippen molar-refractivity contribution in [1.29, 1.82) is 0 Å². The summed E-state index contributed by atoms with van der Waals surface area (Å²) in [4.78, 5) is 0. The summed E-state index contributed by atoms with van der Waals surface area (Å²) >= 11 is 12.3. The molecule has 3 aromatic carbocycles. The van der Waals surface area contributed by atoms with Crippen LogP contribution in [0.15, 0.2) is 42.5 Å². The lowest BCUT2D eigenvalue weighted by atomic mass is 9.97. The van der Waals surface area contributed by atoms with Crippen molar-refractivity contribution in [2.45, 2.75) is 6.61 Å². The van der Waals surface area contributed by atoms with Gasteiger partial charge in [-0.1, -0.05) is 47.5 Å². The van der Waals surface area contributed by atoms with Gasteiger partial charge in [0.15, 0.2) is 0 Å². The Morgan fingerprint density at radius 1 is 0.833 bits per heavy atom. The van der Waals surface area contributed by atoms with E-state index in [1.165, 1.54) is 0 Å². The van der Waals surface area contributed by atoms with Gasteiger partial charge in [0.2, 0.25) is 0 Å². The van der Waals surface area contributed by atoms with Crippen LogP contribution in [0.4, 0.5) is 0 Å². The van der Waals surface area contributed by atoms with Crippen LogP contribution in [0.2, 0.25) is 10.0 Å². The maximum absolute atomic E-state index is 9.47. The number of rotatable bonds is 1. The fourth-order valence-corrected chi connectivity index (χ4v) is 2.88. The number of hydrogen-bond donors (Lipinski definition) is 1. The van der Waals surface area contributed by atoms with E-state index in [9.17, 15) is 5.11 Å². The fourth-order valence-electron chi connectivity index (χ4n) is 2.34. The minimum atomic E-state index is -0.00455. The summed E-state index contributed by atoms with van der Waals surface area (Å²) in [5.41, 5.74) is 0.877. The zero-order valence-electron chi connectivity index (χ0n) is 9.45. The van der Waals surface area contributed by atoms with E-state index in [0.29, 0.717) is 10.0 Å². The molecule has 3 rings (SSSR count). The molecule has 0 aromatic heterocycles. The first kappa shape index (κ1) is 11.8. The average Bonchev–Trinajstić information content (AvgIpc) is 2.38. The monoisotopic (exact) mass is 276 g/mol. The Kier molecular flexibility index (Phi) is 2.90. The van der Waals surface area contributed by atoms with Crippen molar-refractivity contribution in [2.24, 2.45) is 0 Å². The molecular formula is C15H10Cl2O. The van der Waals surface area contributed by atoms with E-state index >= 15 is 0 Å². The summed E-state index contributed by atoms with van der Waals surface area (Å²) in [7, 11) is 0. The minimum Gasteiger partial charge on any atom is -0.392 e. The highest BCUT2D eigenvalue weighted by molar-refractivity contribution is 6.39. The van der Waals surface area contributed by atoms with Crippen LogP contribution in [0, 0.1) is 0 Å². The standard InChI is InChI=1S/C15H10Cl2O/c16-10-6-13-12-4-2-1-3-11(12)9(8-18)5-14(13)15(17)7-10/h1-7,18H,8H2. The second-order valence-corrected chi connectivity index (χ2v) is 5.07. The van der Waals surface area contributed by atoms with Gasteiger partial charge in [-0.2, -0.15) is 0 Å². The van der Waals surface area contributed by atoms with E-state index in [-0.39, 0.29) is 6.61 Å². The van der Waals surface area contributed by atoms with Crippen LogP contribution in [-0.2, 0) is 6.61 Å². The smallest absolute Gasteiger partial charge is 0.0688 e. The first-order valence-corrected chi connectivity index (χ1v) is 6.36. The minimum absolute atomic E-state index is 0.00455. The highest BCUT2D eigenvalue weighted by atomic mass is 35.5. The number of halogens is 2. The lowest BCUT2D eigenvalue weighted by molar-refractivity contribution is 0.283. The van der Waals surface area contributed by atoms with Gasteiger partial charge in [-0.05, 0) is 39.9 Å². The van der Waals surface area contributed by atoms with E-state index in [2.05, 4.69) is 0 Å². The van der Waals surface area contributed by atoms with E-state index in [4.69, 9.17) is 23.2 Å². The van der Waals surface area contributed by atoms with E-state index < -0.39 is 0 Å². The molecule has 0 saturated heterocycles. The molecule has 0 aliphatic heterocycles. The predicted octanol–water partition coefficient (Wildman–Crippen LogP) is 4.79. The first-order valence-electron chi connectivity index (χ1n) is 5.61. The quantitative estimate of drug-likeness (QED) is 0.634. The molecular weight excluding hydrogens is 267 g/mol. The Labute approximate surface area is 115 Å². The molecule has 3 heteroatoms. The maximum atomic E-state index is 9.47. The molecule has 90 valence electrons. The van der Waals surface area contributed by atoms with Crippen molar-refractivity contribution in [2.75, 3.05) is 0 Å². The Bertz CT molecular complexity index is 750. The molecule has 0 aliphatic rings. The van der Waals surface area contributed by atoms with E-state index in [1.54, 1.807) is 6.07 Å². The van der Waals surface area contributed by atoms with Gasteiger partial charge in [0.1, 0.15) is 0 Å². The number of hydrogen-bond acceptors (Lipinski definition) is 1. The van der Waals surface area contributed by atoms with Crippen LogP contribution in [0.3, 0.4) is 0 Å². The van der Waals surface area contributed by atoms with E-state index in [1.807, 2.05) is 36.4 Å². The van der Waals surface area contributed by atoms with Crippen LogP contribution in [0.5, 0.6) is 0 Å². The number of fused-ring (bicyclic) bond motifs is 3. The lowest BCUT2D eigenvalue weighted by Crippen LogP contribution is -1.88. The molecule has 0 spiro atoms. The molecule has 3 aromatic rings. The SMILES string of the molecule is OCc1cc2c(Cl)cc(Cl)cc2c2ccccc12. The topological polar surface area (TPSA) is 20.2 Å². The van der Waals surface area contributed by atoms with Crippen LogP contribution >= 0.6 is 23.2 Å². The second kappa shape index (κ2) is 4.43. The van der Waals surface area contributed by atoms with Crippen LogP contribution in [-0.4, -0.2) is 5.11 Å². The Morgan fingerprint density at radius 3 is 2.28 bits per heavy atom. The molecule has 1 nitrogen and oxygen atoms in total. The molecule has 18 heavy (non-hydrogen) atoms. The van der Waals surface area contributed by atoms with E-state index in [0.717, 1.165) is 27.1 Å². The van der Waals surface area contributed by atoms with Crippen LogP contribution in [0.1, 0.15) is 5.56 Å². The molecule has 0 amide bonds. The third-order valence-electron chi connectivity index (χ3n) is 3.15. The molecule has 0 heterocycles. The Morgan fingerprint density at radius 2 is 1.56 bits per heavy atom. The average molecular weight is 277 g/mol. The summed E-state index contributed by atoms with van der Waals surface area (Å²) < 4.78 is 0. The van der Waals surface area contributed by atoms with Crippen molar-refractivity contribution in [3.63, 3.8) is 0 Å². The molecule has 0 atom stereocenters. The van der Waals surface area contributed by atoms with Gasteiger partial charge >= 0.3 is 0 Å². The number of aliphatic hydroxyl groups excluding tert-OH is 1. The molecule has 0 unspecified atom stereocenters. The van der Waals surface area contributed by atoms with Crippen LogP contribution < -0.4 is 0 Å². The van der Waals surface area contributed by atoms with Gasteiger partial charge in [-0.25, -0.2) is 0 Å². The summed E-state index contributed by atoms with van der Waals surface area (Å²) in [6.45, 7) is -0.00455. The maximum Gasteiger partial charge on any atom is 0.0688 e. The van der Waals surface area contributed by atoms with Crippen molar-refractivity contribution in [1.82, 2.24) is 0 Å². The van der Waals surface area contributed by atoms with Gasteiger partial charge in [0, 0.05) is 15.4 Å². The summed E-state index contributed by atoms with van der Waals surface area (Å²) in [5, 5.41) is 14.7. The third kappa shape index (κ3) is 1.76. The molecule has 0 saturated carbocycles. The zero-order valence-corrected chi connectivity index (χ0v) is 11.0. The summed E-state index contributed by atoms with van der Waals surface area (Å²) in [5.74, 6) is 0. The predicted molar refractivity (Wildman–Crippen MR) is 77.4 cm³/mol. The van der Waals surface area contributed by atoms with Gasteiger partial charge in [-0.3, -0.25) is 0 Å². The largest absolute Gasteiger partial charge is 0.392 e. The molecule has 0 fully saturated rings. The van der Waals surface area contributed by atoms with Crippen molar-refractivity contribution in [3.05, 3.63) is 58.1 Å². The van der Waals surface area contributed by atoms with Gasteiger partial charge in [0.25, 0.3) is 0 Å². The number of aliphatic hydroxyl groups is 1. The normalized spacial score (nSPS) is 11.3. The highest BCUT2D eigenvalue weighted by Gasteiger charge is 2.09. The van der Waals surface area contributed by atoms with Crippen molar-refractivity contribution >= 4 is 44.7 Å². The van der Waals surface area contributed by atoms with Gasteiger partial charge < -0.3 is 5.11 Å². The van der Waals surface area contributed by atoms with Crippen molar-refractivity contribution in [3.8, 4) is 0 Å². The zero-order chi connectivity index (χ0) is 12.7. The lowest BCUT2D eigenvalue weighted by Gasteiger charge is -2.10. The Balaban J connectivity index is 2.59. The highest BCUT2D eigenvalue weighted by Crippen LogP contribution is 2.35. The molecule has 1 N–H and O–H groups in total. The van der Waals surface area contributed by atoms with Crippen molar-refractivity contribution < 1.29 is 5.11 Å². The van der Waals surface area contributed by atoms with Crippen LogP contribution in [0.25, 0.3) is 21.5 Å². The first-order chi connectivity index (χ1) is 8.70. The second-order valence-electron chi connectivity index (χ2n) is 4.22. The molecule has 0 bridgehead atoms. The molecule has 0 radical (unpaired) electrons. The third-order valence-corrected chi connectivity index (χ3v) is 3.68. The Hall–Kier alpha value is -1.28.